The molecule has 9 heteroatoms. The van der Waals surface area contributed by atoms with Crippen LogP contribution in [0.3, 0.4) is 0 Å². The molecule has 2 heterocycles. The summed E-state index contributed by atoms with van der Waals surface area (Å²) in [4.78, 5) is 26.7. The second-order valence-electron chi connectivity index (χ2n) is 6.36. The van der Waals surface area contributed by atoms with Crippen LogP contribution in [0.15, 0.2) is 23.6 Å². The summed E-state index contributed by atoms with van der Waals surface area (Å²) in [5.74, 6) is 1.03. The van der Waals surface area contributed by atoms with Crippen LogP contribution in [0.4, 0.5) is 0 Å². The Hall–Kier alpha value is -2.68. The van der Waals surface area contributed by atoms with Crippen molar-refractivity contribution in [3.8, 4) is 11.5 Å². The number of nitrogens with zero attached hydrogens (tertiary/aromatic N) is 3. The Labute approximate surface area is 161 Å². The SMILES string of the molecule is COc1cc(OC)cc(C(=O)NCC2CCCN(C(=O)c3csnn3)C2)c1. The van der Waals surface area contributed by atoms with E-state index in [4.69, 9.17) is 9.47 Å². The zero-order valence-corrected chi connectivity index (χ0v) is 16.1. The number of nitrogens with one attached hydrogen (secondary N) is 1. The molecule has 2 aromatic rings. The third-order valence-corrected chi connectivity index (χ3v) is 5.05. The molecule has 144 valence electrons. The molecule has 1 aliphatic rings. The molecular formula is C18H22N4O4S. The fourth-order valence-corrected chi connectivity index (χ4v) is 3.54. The second kappa shape index (κ2) is 8.81. The van der Waals surface area contributed by atoms with E-state index in [0.29, 0.717) is 42.4 Å². The van der Waals surface area contributed by atoms with Gasteiger partial charge in [0, 0.05) is 36.6 Å². The minimum absolute atomic E-state index is 0.0997. The van der Waals surface area contributed by atoms with Gasteiger partial charge >= 0.3 is 0 Å². The van der Waals surface area contributed by atoms with E-state index in [-0.39, 0.29) is 17.7 Å². The van der Waals surface area contributed by atoms with Gasteiger partial charge in [0.25, 0.3) is 11.8 Å². The maximum absolute atomic E-state index is 12.5. The van der Waals surface area contributed by atoms with Crippen molar-refractivity contribution in [3.63, 3.8) is 0 Å². The molecule has 0 spiro atoms. The van der Waals surface area contributed by atoms with Gasteiger partial charge in [0.05, 0.1) is 14.2 Å². The monoisotopic (exact) mass is 390 g/mol. The molecule has 1 aliphatic heterocycles. The van der Waals surface area contributed by atoms with E-state index in [1.807, 2.05) is 0 Å². The third kappa shape index (κ3) is 4.73. The molecule has 1 aromatic heterocycles. The largest absolute Gasteiger partial charge is 0.497 e. The van der Waals surface area contributed by atoms with Crippen molar-refractivity contribution >= 4 is 23.3 Å². The van der Waals surface area contributed by atoms with Crippen LogP contribution >= 0.6 is 11.5 Å². The molecule has 27 heavy (non-hydrogen) atoms. The van der Waals surface area contributed by atoms with Gasteiger partial charge in [-0.05, 0) is 42.4 Å². The zero-order valence-electron chi connectivity index (χ0n) is 15.3. The van der Waals surface area contributed by atoms with Crippen molar-refractivity contribution in [2.45, 2.75) is 12.8 Å². The summed E-state index contributed by atoms with van der Waals surface area (Å²) in [6.07, 6.45) is 1.86. The van der Waals surface area contributed by atoms with Crippen molar-refractivity contribution in [1.29, 1.82) is 0 Å². The van der Waals surface area contributed by atoms with Crippen molar-refractivity contribution in [1.82, 2.24) is 19.8 Å². The summed E-state index contributed by atoms with van der Waals surface area (Å²) >= 11 is 1.16. The Morgan fingerprint density at radius 1 is 1.26 bits per heavy atom. The standard InChI is InChI=1S/C18H22N4O4S/c1-25-14-6-13(7-15(8-14)26-2)17(23)19-9-12-4-3-5-22(10-12)18(24)16-11-27-21-20-16/h6-8,11-12H,3-5,9-10H2,1-2H3,(H,19,23). The molecule has 0 aliphatic carbocycles. The van der Waals surface area contributed by atoms with Gasteiger partial charge in [0.1, 0.15) is 11.5 Å². The quantitative estimate of drug-likeness (QED) is 0.809. The van der Waals surface area contributed by atoms with E-state index in [1.165, 1.54) is 0 Å². The normalized spacial score (nSPS) is 16.7. The van der Waals surface area contributed by atoms with Crippen LogP contribution < -0.4 is 14.8 Å². The van der Waals surface area contributed by atoms with Gasteiger partial charge in [-0.3, -0.25) is 9.59 Å². The van der Waals surface area contributed by atoms with E-state index in [1.54, 1.807) is 42.7 Å². The molecule has 1 N–H and O–H groups in total. The molecule has 1 saturated heterocycles. The highest BCUT2D eigenvalue weighted by atomic mass is 32.1. The van der Waals surface area contributed by atoms with Gasteiger partial charge in [-0.25, -0.2) is 0 Å². The fraction of sp³-hybridized carbons (Fsp3) is 0.444. The van der Waals surface area contributed by atoms with Gasteiger partial charge in [-0.2, -0.15) is 0 Å². The number of carbonyl (C=O) groups excluding carboxylic acids is 2. The Kier molecular flexibility index (Phi) is 6.23. The van der Waals surface area contributed by atoms with E-state index >= 15 is 0 Å². The highest BCUT2D eigenvalue weighted by molar-refractivity contribution is 7.03. The number of aromatic nitrogens is 2. The number of benzene rings is 1. The maximum atomic E-state index is 12.5. The number of hydrogen-bond acceptors (Lipinski definition) is 7. The lowest BCUT2D eigenvalue weighted by molar-refractivity contribution is 0.0665. The Balaban J connectivity index is 1.58. The summed E-state index contributed by atoms with van der Waals surface area (Å²) in [6, 6.07) is 5.06. The number of ether oxygens (including phenoxy) is 2. The Morgan fingerprint density at radius 2 is 2.00 bits per heavy atom. The van der Waals surface area contributed by atoms with Crippen LogP contribution in [0.5, 0.6) is 11.5 Å². The lowest BCUT2D eigenvalue weighted by Gasteiger charge is -2.32. The Bertz CT molecular complexity index is 774. The number of carbonyl (C=O) groups is 2. The van der Waals surface area contributed by atoms with E-state index in [9.17, 15) is 9.59 Å². The highest BCUT2D eigenvalue weighted by Gasteiger charge is 2.26. The maximum Gasteiger partial charge on any atom is 0.275 e. The number of piperidine rings is 1. The van der Waals surface area contributed by atoms with Crippen molar-refractivity contribution in [2.24, 2.45) is 5.92 Å². The topological polar surface area (TPSA) is 93.7 Å². The number of amides is 2. The second-order valence-corrected chi connectivity index (χ2v) is 6.97. The summed E-state index contributed by atoms with van der Waals surface area (Å²) in [7, 11) is 3.09. The third-order valence-electron chi connectivity index (χ3n) is 4.55. The van der Waals surface area contributed by atoms with Crippen LogP contribution in [0.2, 0.25) is 0 Å². The van der Waals surface area contributed by atoms with Crippen molar-refractivity contribution in [2.75, 3.05) is 33.9 Å². The number of methoxy groups -OCH3 is 2. The van der Waals surface area contributed by atoms with Crippen LogP contribution in [0.1, 0.15) is 33.7 Å². The first-order valence-corrected chi connectivity index (χ1v) is 9.52. The summed E-state index contributed by atoms with van der Waals surface area (Å²) in [6.45, 7) is 1.80. The Morgan fingerprint density at radius 3 is 2.63 bits per heavy atom. The predicted molar refractivity (Wildman–Crippen MR) is 100 cm³/mol. The molecule has 0 saturated carbocycles. The first kappa shape index (κ1) is 19.1. The summed E-state index contributed by atoms with van der Waals surface area (Å²) < 4.78 is 14.2. The van der Waals surface area contributed by atoms with E-state index < -0.39 is 0 Å². The molecule has 0 radical (unpaired) electrons. The average Bonchev–Trinajstić information content (AvgIpc) is 3.26. The molecule has 3 rings (SSSR count). The van der Waals surface area contributed by atoms with Crippen LogP contribution in [-0.4, -0.2) is 60.2 Å². The van der Waals surface area contributed by atoms with Crippen molar-refractivity contribution < 1.29 is 19.1 Å². The summed E-state index contributed by atoms with van der Waals surface area (Å²) in [5, 5.41) is 8.46. The minimum Gasteiger partial charge on any atom is -0.497 e. The number of hydrogen-bond donors (Lipinski definition) is 1. The van der Waals surface area contributed by atoms with Gasteiger partial charge in [-0.1, -0.05) is 4.49 Å². The molecule has 1 fully saturated rings. The molecule has 1 aromatic carbocycles. The average molecular weight is 390 g/mol. The van der Waals surface area contributed by atoms with Gasteiger partial charge in [-0.15, -0.1) is 5.10 Å². The predicted octanol–water partition coefficient (Wildman–Crippen LogP) is 1.84. The van der Waals surface area contributed by atoms with Crippen LogP contribution in [-0.2, 0) is 0 Å². The highest BCUT2D eigenvalue weighted by Crippen LogP contribution is 2.23. The lowest BCUT2D eigenvalue weighted by Crippen LogP contribution is -2.43. The van der Waals surface area contributed by atoms with E-state index in [2.05, 4.69) is 14.9 Å². The summed E-state index contributed by atoms with van der Waals surface area (Å²) in [5.41, 5.74) is 0.858. The molecule has 1 unspecified atom stereocenters. The lowest BCUT2D eigenvalue weighted by atomic mass is 9.97. The zero-order chi connectivity index (χ0) is 19.2. The van der Waals surface area contributed by atoms with Gasteiger partial charge in [0.2, 0.25) is 0 Å². The van der Waals surface area contributed by atoms with Crippen LogP contribution in [0.25, 0.3) is 0 Å². The molecule has 1 atom stereocenters. The molecule has 2 amide bonds. The van der Waals surface area contributed by atoms with E-state index in [0.717, 1.165) is 24.4 Å². The molecule has 0 bridgehead atoms. The van der Waals surface area contributed by atoms with Gasteiger partial charge in [0.15, 0.2) is 5.69 Å². The minimum atomic E-state index is -0.195. The first-order chi connectivity index (χ1) is 13.1. The fourth-order valence-electron chi connectivity index (χ4n) is 3.11. The molecular weight excluding hydrogens is 368 g/mol. The van der Waals surface area contributed by atoms with Gasteiger partial charge < -0.3 is 19.7 Å². The molecule has 8 nitrogen and oxygen atoms in total. The van der Waals surface area contributed by atoms with Crippen molar-refractivity contribution in [3.05, 3.63) is 34.8 Å². The number of likely N-dealkylation sites (tertiary alicyclic amines) is 1. The van der Waals surface area contributed by atoms with Crippen LogP contribution in [0, 0.1) is 5.92 Å². The number of rotatable bonds is 6. The smallest absolute Gasteiger partial charge is 0.275 e. The first-order valence-electron chi connectivity index (χ1n) is 8.68.